The van der Waals surface area contributed by atoms with Crippen molar-refractivity contribution in [1.82, 2.24) is 5.43 Å². The third kappa shape index (κ3) is 1.70. The van der Waals surface area contributed by atoms with Gasteiger partial charge < -0.3 is 0 Å². The van der Waals surface area contributed by atoms with Gasteiger partial charge in [-0.2, -0.15) is 0 Å². The molecule has 0 radical (unpaired) electrons. The van der Waals surface area contributed by atoms with Gasteiger partial charge in [-0.05, 0) is 18.8 Å². The van der Waals surface area contributed by atoms with Crippen molar-refractivity contribution in [2.24, 2.45) is 11.8 Å². The van der Waals surface area contributed by atoms with Crippen LogP contribution in [0.5, 0.6) is 0 Å². The van der Waals surface area contributed by atoms with Gasteiger partial charge in [-0.25, -0.2) is 0 Å². The van der Waals surface area contributed by atoms with Gasteiger partial charge in [-0.3, -0.25) is 11.3 Å². The van der Waals surface area contributed by atoms with Gasteiger partial charge in [0.05, 0.1) is 0 Å². The molecule has 60 valence electrons. The Hall–Kier alpha value is -0.0800. The van der Waals surface area contributed by atoms with Gasteiger partial charge in [0.15, 0.2) is 0 Å². The predicted molar refractivity (Wildman–Crippen MR) is 43.4 cm³/mol. The number of hydrogen-bond donors (Lipinski definition) is 2. The molecule has 0 aromatic heterocycles. The van der Waals surface area contributed by atoms with E-state index in [1.165, 1.54) is 32.1 Å². The SMILES string of the molecule is CC[C@H]1CCCC[C@H]1NN. The Morgan fingerprint density at radius 2 is 2.10 bits per heavy atom. The molecule has 1 aliphatic carbocycles. The van der Waals surface area contributed by atoms with E-state index in [0.29, 0.717) is 6.04 Å². The summed E-state index contributed by atoms with van der Waals surface area (Å²) in [5.74, 6) is 6.25. The second-order valence-corrected chi connectivity index (χ2v) is 3.23. The molecule has 0 aliphatic heterocycles. The van der Waals surface area contributed by atoms with Crippen LogP contribution in [0.2, 0.25) is 0 Å². The largest absolute Gasteiger partial charge is 0.271 e. The minimum absolute atomic E-state index is 0.596. The smallest absolute Gasteiger partial charge is 0.0238 e. The highest BCUT2D eigenvalue weighted by molar-refractivity contribution is 4.77. The van der Waals surface area contributed by atoms with Crippen LogP contribution < -0.4 is 11.3 Å². The lowest BCUT2D eigenvalue weighted by Gasteiger charge is -2.29. The van der Waals surface area contributed by atoms with Crippen molar-refractivity contribution in [2.45, 2.75) is 45.1 Å². The zero-order chi connectivity index (χ0) is 7.40. The topological polar surface area (TPSA) is 38.0 Å². The van der Waals surface area contributed by atoms with Crippen LogP contribution in [0.25, 0.3) is 0 Å². The first kappa shape index (κ1) is 8.02. The van der Waals surface area contributed by atoms with Crippen LogP contribution in [0.1, 0.15) is 39.0 Å². The molecule has 1 fully saturated rings. The molecular formula is C8H18N2. The molecule has 2 atom stereocenters. The molecular weight excluding hydrogens is 124 g/mol. The Kier molecular flexibility index (Phi) is 3.16. The minimum Gasteiger partial charge on any atom is -0.271 e. The molecule has 2 heteroatoms. The summed E-state index contributed by atoms with van der Waals surface area (Å²) in [6, 6.07) is 0.596. The van der Waals surface area contributed by atoms with Gasteiger partial charge >= 0.3 is 0 Å². The summed E-state index contributed by atoms with van der Waals surface area (Å²) in [6.07, 6.45) is 6.66. The molecule has 10 heavy (non-hydrogen) atoms. The molecule has 0 saturated heterocycles. The highest BCUT2D eigenvalue weighted by atomic mass is 15.2. The fourth-order valence-corrected chi connectivity index (χ4v) is 1.92. The lowest BCUT2D eigenvalue weighted by molar-refractivity contribution is 0.258. The molecule has 0 heterocycles. The van der Waals surface area contributed by atoms with Crippen molar-refractivity contribution >= 4 is 0 Å². The maximum atomic E-state index is 5.42. The Balaban J connectivity index is 2.34. The van der Waals surface area contributed by atoms with Crippen molar-refractivity contribution in [2.75, 3.05) is 0 Å². The lowest BCUT2D eigenvalue weighted by Crippen LogP contribution is -2.42. The van der Waals surface area contributed by atoms with Crippen molar-refractivity contribution in [3.63, 3.8) is 0 Å². The van der Waals surface area contributed by atoms with Gasteiger partial charge in [0.25, 0.3) is 0 Å². The molecule has 3 N–H and O–H groups in total. The highest BCUT2D eigenvalue weighted by Crippen LogP contribution is 2.25. The van der Waals surface area contributed by atoms with E-state index in [1.54, 1.807) is 0 Å². The first-order valence-corrected chi connectivity index (χ1v) is 4.34. The van der Waals surface area contributed by atoms with Gasteiger partial charge in [-0.15, -0.1) is 0 Å². The van der Waals surface area contributed by atoms with Gasteiger partial charge in [0, 0.05) is 6.04 Å². The number of hydrazine groups is 1. The third-order valence-corrected chi connectivity index (χ3v) is 2.65. The average molecular weight is 142 g/mol. The molecule has 1 aliphatic rings. The maximum Gasteiger partial charge on any atom is 0.0238 e. The van der Waals surface area contributed by atoms with Crippen molar-refractivity contribution in [3.8, 4) is 0 Å². The highest BCUT2D eigenvalue weighted by Gasteiger charge is 2.21. The number of nitrogens with two attached hydrogens (primary N) is 1. The molecule has 2 nitrogen and oxygen atoms in total. The quantitative estimate of drug-likeness (QED) is 0.452. The molecule has 1 rings (SSSR count). The normalized spacial score (nSPS) is 34.2. The van der Waals surface area contributed by atoms with E-state index in [4.69, 9.17) is 5.84 Å². The number of rotatable bonds is 2. The summed E-state index contributed by atoms with van der Waals surface area (Å²) in [4.78, 5) is 0. The summed E-state index contributed by atoms with van der Waals surface area (Å²) >= 11 is 0. The Bertz CT molecular complexity index is 81.3. The zero-order valence-electron chi connectivity index (χ0n) is 6.77. The standard InChI is InChI=1S/C8H18N2/c1-2-7-5-3-4-6-8(7)10-9/h7-8,10H,2-6,9H2,1H3/t7-,8+/m0/s1. The van der Waals surface area contributed by atoms with Gasteiger partial charge in [0.2, 0.25) is 0 Å². The molecule has 0 aromatic carbocycles. The zero-order valence-corrected chi connectivity index (χ0v) is 6.77. The second-order valence-electron chi connectivity index (χ2n) is 3.23. The maximum absolute atomic E-state index is 5.42. The van der Waals surface area contributed by atoms with Crippen molar-refractivity contribution in [3.05, 3.63) is 0 Å². The van der Waals surface area contributed by atoms with E-state index >= 15 is 0 Å². The molecule has 0 amide bonds. The fourth-order valence-electron chi connectivity index (χ4n) is 1.92. The molecule has 0 bridgehead atoms. The lowest BCUT2D eigenvalue weighted by atomic mass is 9.83. The minimum atomic E-state index is 0.596. The van der Waals surface area contributed by atoms with Gasteiger partial charge in [-0.1, -0.05) is 26.2 Å². The monoisotopic (exact) mass is 142 g/mol. The van der Waals surface area contributed by atoms with Crippen molar-refractivity contribution in [1.29, 1.82) is 0 Å². The summed E-state index contributed by atoms with van der Waals surface area (Å²) < 4.78 is 0. The van der Waals surface area contributed by atoms with E-state index in [9.17, 15) is 0 Å². The molecule has 0 spiro atoms. The summed E-state index contributed by atoms with van der Waals surface area (Å²) in [5, 5.41) is 0. The predicted octanol–water partition coefficient (Wildman–Crippen LogP) is 1.42. The molecule has 1 saturated carbocycles. The van der Waals surface area contributed by atoms with Crippen LogP contribution in [0.3, 0.4) is 0 Å². The fraction of sp³-hybridized carbons (Fsp3) is 1.00. The molecule has 0 aromatic rings. The van der Waals surface area contributed by atoms with Crippen LogP contribution in [-0.4, -0.2) is 6.04 Å². The van der Waals surface area contributed by atoms with E-state index in [-0.39, 0.29) is 0 Å². The number of hydrogen-bond acceptors (Lipinski definition) is 2. The summed E-state index contributed by atoms with van der Waals surface area (Å²) in [5.41, 5.74) is 2.90. The summed E-state index contributed by atoms with van der Waals surface area (Å²) in [6.45, 7) is 2.25. The van der Waals surface area contributed by atoms with Gasteiger partial charge in [0.1, 0.15) is 0 Å². The van der Waals surface area contributed by atoms with Crippen LogP contribution in [-0.2, 0) is 0 Å². The van der Waals surface area contributed by atoms with Crippen molar-refractivity contribution < 1.29 is 0 Å². The summed E-state index contributed by atoms with van der Waals surface area (Å²) in [7, 11) is 0. The van der Waals surface area contributed by atoms with Crippen LogP contribution >= 0.6 is 0 Å². The van der Waals surface area contributed by atoms with E-state index < -0.39 is 0 Å². The van der Waals surface area contributed by atoms with E-state index in [0.717, 1.165) is 5.92 Å². The third-order valence-electron chi connectivity index (χ3n) is 2.65. The Morgan fingerprint density at radius 1 is 1.40 bits per heavy atom. The first-order chi connectivity index (χ1) is 4.88. The van der Waals surface area contributed by atoms with Crippen LogP contribution in [0.15, 0.2) is 0 Å². The Morgan fingerprint density at radius 3 is 2.60 bits per heavy atom. The second kappa shape index (κ2) is 3.94. The van der Waals surface area contributed by atoms with Crippen LogP contribution in [0.4, 0.5) is 0 Å². The van der Waals surface area contributed by atoms with E-state index in [2.05, 4.69) is 12.3 Å². The van der Waals surface area contributed by atoms with Crippen LogP contribution in [0, 0.1) is 5.92 Å². The first-order valence-electron chi connectivity index (χ1n) is 4.34. The van der Waals surface area contributed by atoms with E-state index in [1.807, 2.05) is 0 Å². The molecule has 0 unspecified atom stereocenters. The number of nitrogens with one attached hydrogen (secondary N) is 1. The Labute approximate surface area is 63.1 Å². The average Bonchev–Trinajstić information content (AvgIpc) is 2.04.